The highest BCUT2D eigenvalue weighted by Gasteiger charge is 2.16. The van der Waals surface area contributed by atoms with Gasteiger partial charge in [0, 0.05) is 31.8 Å². The van der Waals surface area contributed by atoms with Gasteiger partial charge in [0.1, 0.15) is 0 Å². The number of anilines is 1. The van der Waals surface area contributed by atoms with Crippen molar-refractivity contribution in [3.05, 3.63) is 29.3 Å². The fourth-order valence-electron chi connectivity index (χ4n) is 2.69. The lowest BCUT2D eigenvalue weighted by atomic mass is 10.0. The number of carbonyl (C=O) groups is 2. The molecular formula is C17H26ClN3O2. The number of aryl methyl sites for hydroxylation is 1. The van der Waals surface area contributed by atoms with Crippen LogP contribution in [0.4, 0.5) is 5.69 Å². The third-order valence-electron chi connectivity index (χ3n) is 4.10. The largest absolute Gasteiger partial charge is 0.345 e. The highest BCUT2D eigenvalue weighted by atomic mass is 35.5. The van der Waals surface area contributed by atoms with Crippen molar-refractivity contribution < 1.29 is 9.59 Å². The predicted molar refractivity (Wildman–Crippen MR) is 95.3 cm³/mol. The second-order valence-corrected chi connectivity index (χ2v) is 6.17. The van der Waals surface area contributed by atoms with E-state index in [2.05, 4.69) is 10.6 Å². The topological polar surface area (TPSA) is 61.4 Å². The van der Waals surface area contributed by atoms with E-state index in [0.717, 1.165) is 31.5 Å². The van der Waals surface area contributed by atoms with Crippen molar-refractivity contribution in [1.82, 2.24) is 10.2 Å². The third-order valence-corrected chi connectivity index (χ3v) is 4.10. The van der Waals surface area contributed by atoms with Gasteiger partial charge in [0.2, 0.25) is 5.91 Å². The van der Waals surface area contributed by atoms with E-state index in [-0.39, 0.29) is 24.2 Å². The summed E-state index contributed by atoms with van der Waals surface area (Å²) in [7, 11) is 3.45. The molecule has 6 heteroatoms. The Morgan fingerprint density at radius 2 is 2.09 bits per heavy atom. The van der Waals surface area contributed by atoms with E-state index in [1.807, 2.05) is 19.1 Å². The van der Waals surface area contributed by atoms with Gasteiger partial charge < -0.3 is 15.5 Å². The molecule has 2 amide bonds. The molecule has 1 atom stereocenters. The predicted octanol–water partition coefficient (Wildman–Crippen LogP) is 2.45. The summed E-state index contributed by atoms with van der Waals surface area (Å²) in [6.45, 7) is 3.97. The van der Waals surface area contributed by atoms with Gasteiger partial charge in [-0.25, -0.2) is 0 Å². The van der Waals surface area contributed by atoms with Gasteiger partial charge in [-0.05, 0) is 56.5 Å². The number of benzene rings is 1. The molecule has 0 spiro atoms. The molecule has 1 unspecified atom stereocenters. The summed E-state index contributed by atoms with van der Waals surface area (Å²) in [6, 6.07) is 5.47. The Labute approximate surface area is 144 Å². The molecule has 5 nitrogen and oxygen atoms in total. The molecule has 0 radical (unpaired) electrons. The molecule has 1 saturated heterocycles. The molecule has 1 aliphatic heterocycles. The van der Waals surface area contributed by atoms with Crippen LogP contribution >= 0.6 is 12.4 Å². The number of amides is 2. The van der Waals surface area contributed by atoms with Gasteiger partial charge in [-0.2, -0.15) is 0 Å². The first kappa shape index (κ1) is 19.5. The summed E-state index contributed by atoms with van der Waals surface area (Å²) in [5, 5.41) is 6.21. The quantitative estimate of drug-likeness (QED) is 0.866. The van der Waals surface area contributed by atoms with Crippen molar-refractivity contribution in [3.63, 3.8) is 0 Å². The van der Waals surface area contributed by atoms with Crippen molar-refractivity contribution in [2.45, 2.75) is 26.2 Å². The standard InChI is InChI=1S/C17H25N3O2.ClH/c1-12-4-6-14(10-15(12)17(22)20(2)3)19-16(21)7-5-13-8-9-18-11-13;/h4,6,10,13,18H,5,7-9,11H2,1-3H3,(H,19,21);1H. The molecule has 1 fully saturated rings. The number of carbonyl (C=O) groups excluding carboxylic acids is 2. The Bertz CT molecular complexity index is 555. The van der Waals surface area contributed by atoms with Crippen LogP contribution in [0.1, 0.15) is 35.2 Å². The molecule has 0 aromatic heterocycles. The highest BCUT2D eigenvalue weighted by Crippen LogP contribution is 2.18. The van der Waals surface area contributed by atoms with Crippen molar-refractivity contribution in [2.75, 3.05) is 32.5 Å². The van der Waals surface area contributed by atoms with Crippen LogP contribution in [0.3, 0.4) is 0 Å². The van der Waals surface area contributed by atoms with Crippen molar-refractivity contribution in [1.29, 1.82) is 0 Å². The molecule has 1 heterocycles. The van der Waals surface area contributed by atoms with Gasteiger partial charge in [-0.3, -0.25) is 9.59 Å². The van der Waals surface area contributed by atoms with E-state index in [1.54, 1.807) is 25.1 Å². The maximum absolute atomic E-state index is 12.1. The zero-order valence-corrected chi connectivity index (χ0v) is 14.8. The van der Waals surface area contributed by atoms with E-state index in [1.165, 1.54) is 0 Å². The van der Waals surface area contributed by atoms with Gasteiger partial charge in [0.25, 0.3) is 5.91 Å². The molecule has 1 aromatic carbocycles. The molecular weight excluding hydrogens is 314 g/mol. The van der Waals surface area contributed by atoms with E-state index in [9.17, 15) is 9.59 Å². The number of halogens is 1. The minimum absolute atomic E-state index is 0. The lowest BCUT2D eigenvalue weighted by molar-refractivity contribution is -0.116. The van der Waals surface area contributed by atoms with Crippen LogP contribution in [0.5, 0.6) is 0 Å². The maximum atomic E-state index is 12.1. The monoisotopic (exact) mass is 339 g/mol. The number of nitrogens with zero attached hydrogens (tertiary/aromatic N) is 1. The molecule has 0 saturated carbocycles. The van der Waals surface area contributed by atoms with E-state index < -0.39 is 0 Å². The van der Waals surface area contributed by atoms with Crippen molar-refractivity contribution in [3.8, 4) is 0 Å². The SMILES string of the molecule is Cc1ccc(NC(=O)CCC2CCNC2)cc1C(=O)N(C)C.Cl. The molecule has 2 N–H and O–H groups in total. The zero-order chi connectivity index (χ0) is 16.1. The smallest absolute Gasteiger partial charge is 0.253 e. The number of rotatable bonds is 5. The molecule has 2 rings (SSSR count). The Hall–Kier alpha value is -1.59. The van der Waals surface area contributed by atoms with Gasteiger partial charge >= 0.3 is 0 Å². The first-order chi connectivity index (χ1) is 10.5. The van der Waals surface area contributed by atoms with Crippen LogP contribution in [0, 0.1) is 12.8 Å². The normalized spacial score (nSPS) is 16.6. The summed E-state index contributed by atoms with van der Waals surface area (Å²) < 4.78 is 0. The van der Waals surface area contributed by atoms with Crippen LogP contribution in [0.2, 0.25) is 0 Å². The van der Waals surface area contributed by atoms with E-state index in [4.69, 9.17) is 0 Å². The van der Waals surface area contributed by atoms with E-state index in [0.29, 0.717) is 23.6 Å². The van der Waals surface area contributed by atoms with Crippen LogP contribution in [0.15, 0.2) is 18.2 Å². The summed E-state index contributed by atoms with van der Waals surface area (Å²) in [5.74, 6) is 0.569. The van der Waals surface area contributed by atoms with E-state index >= 15 is 0 Å². The highest BCUT2D eigenvalue weighted by molar-refractivity contribution is 5.98. The molecule has 1 aromatic rings. The van der Waals surface area contributed by atoms with Gasteiger partial charge in [0.05, 0.1) is 0 Å². The Balaban J connectivity index is 0.00000264. The van der Waals surface area contributed by atoms with Crippen molar-refractivity contribution >= 4 is 29.9 Å². The average Bonchev–Trinajstić information content (AvgIpc) is 2.99. The minimum Gasteiger partial charge on any atom is -0.345 e. The fraction of sp³-hybridized carbons (Fsp3) is 0.529. The Morgan fingerprint density at radius 1 is 1.35 bits per heavy atom. The summed E-state index contributed by atoms with van der Waals surface area (Å²) >= 11 is 0. The summed E-state index contributed by atoms with van der Waals surface area (Å²) in [4.78, 5) is 25.7. The van der Waals surface area contributed by atoms with Gasteiger partial charge in [-0.1, -0.05) is 6.07 Å². The van der Waals surface area contributed by atoms with Crippen LogP contribution in [-0.4, -0.2) is 43.9 Å². The number of nitrogens with one attached hydrogen (secondary N) is 2. The van der Waals surface area contributed by atoms with Crippen LogP contribution < -0.4 is 10.6 Å². The van der Waals surface area contributed by atoms with Crippen LogP contribution in [0.25, 0.3) is 0 Å². The first-order valence-corrected chi connectivity index (χ1v) is 7.80. The Kier molecular flexibility index (Phi) is 7.52. The fourth-order valence-corrected chi connectivity index (χ4v) is 2.69. The summed E-state index contributed by atoms with van der Waals surface area (Å²) in [5.41, 5.74) is 2.22. The Morgan fingerprint density at radius 3 is 2.70 bits per heavy atom. The average molecular weight is 340 g/mol. The minimum atomic E-state index is -0.0503. The molecule has 0 bridgehead atoms. The second kappa shape index (κ2) is 8.89. The third kappa shape index (κ3) is 5.52. The molecule has 23 heavy (non-hydrogen) atoms. The lowest BCUT2D eigenvalue weighted by Crippen LogP contribution is -2.23. The van der Waals surface area contributed by atoms with Gasteiger partial charge in [-0.15, -0.1) is 12.4 Å². The second-order valence-electron chi connectivity index (χ2n) is 6.17. The molecule has 128 valence electrons. The molecule has 0 aliphatic carbocycles. The first-order valence-electron chi connectivity index (χ1n) is 7.80. The van der Waals surface area contributed by atoms with Crippen molar-refractivity contribution in [2.24, 2.45) is 5.92 Å². The molecule has 1 aliphatic rings. The number of hydrogen-bond acceptors (Lipinski definition) is 3. The summed E-state index contributed by atoms with van der Waals surface area (Å²) in [6.07, 6.45) is 2.59. The van der Waals surface area contributed by atoms with Gasteiger partial charge in [0.15, 0.2) is 0 Å². The number of hydrogen-bond donors (Lipinski definition) is 2. The van der Waals surface area contributed by atoms with Crippen LogP contribution in [-0.2, 0) is 4.79 Å². The lowest BCUT2D eigenvalue weighted by Gasteiger charge is -2.14. The maximum Gasteiger partial charge on any atom is 0.253 e. The zero-order valence-electron chi connectivity index (χ0n) is 14.0.